The summed E-state index contributed by atoms with van der Waals surface area (Å²) < 4.78 is 5.17. The van der Waals surface area contributed by atoms with Crippen molar-refractivity contribution in [2.75, 3.05) is 0 Å². The van der Waals surface area contributed by atoms with E-state index in [0.29, 0.717) is 5.56 Å². The number of hydrogen-bond donors (Lipinski definition) is 2. The van der Waals surface area contributed by atoms with Crippen molar-refractivity contribution < 1.29 is 24.0 Å². The summed E-state index contributed by atoms with van der Waals surface area (Å²) in [6.45, 7) is 0.211. The molecule has 0 radical (unpaired) electrons. The van der Waals surface area contributed by atoms with E-state index < -0.39 is 22.7 Å². The van der Waals surface area contributed by atoms with Gasteiger partial charge in [0, 0.05) is 12.6 Å². The van der Waals surface area contributed by atoms with Crippen molar-refractivity contribution in [3.05, 3.63) is 106 Å². The molecule has 0 aliphatic heterocycles. The van der Waals surface area contributed by atoms with Gasteiger partial charge >= 0.3 is 17.8 Å². The SMILES string of the molecule is O=C(NCc1ccccc1)C(=O)N/N=C/c1ccc(OC(=O)c2ccccc2[N+](=O)[O-])cc1. The Balaban J connectivity index is 1.51. The summed E-state index contributed by atoms with van der Waals surface area (Å²) in [5.74, 6) is -2.44. The number of hydrazone groups is 1. The highest BCUT2D eigenvalue weighted by Crippen LogP contribution is 2.20. The molecule has 0 heterocycles. The molecule has 0 saturated carbocycles. The molecule has 0 fully saturated rings. The molecular formula is C23H18N4O6. The van der Waals surface area contributed by atoms with Crippen molar-refractivity contribution in [1.82, 2.24) is 10.7 Å². The molecule has 0 atom stereocenters. The zero-order valence-electron chi connectivity index (χ0n) is 17.1. The van der Waals surface area contributed by atoms with Crippen molar-refractivity contribution in [1.29, 1.82) is 0 Å². The van der Waals surface area contributed by atoms with E-state index in [2.05, 4.69) is 15.8 Å². The van der Waals surface area contributed by atoms with E-state index in [1.54, 1.807) is 12.1 Å². The Kier molecular flexibility index (Phi) is 7.58. The molecule has 0 aliphatic carbocycles. The molecule has 10 heteroatoms. The fraction of sp³-hybridized carbons (Fsp3) is 0.0435. The quantitative estimate of drug-likeness (QED) is 0.143. The first-order valence-corrected chi connectivity index (χ1v) is 9.65. The minimum atomic E-state index is -0.919. The van der Waals surface area contributed by atoms with E-state index in [1.807, 2.05) is 30.3 Å². The van der Waals surface area contributed by atoms with Gasteiger partial charge < -0.3 is 10.1 Å². The van der Waals surface area contributed by atoms with Gasteiger partial charge in [0.25, 0.3) is 5.69 Å². The monoisotopic (exact) mass is 446 g/mol. The van der Waals surface area contributed by atoms with Gasteiger partial charge in [0.15, 0.2) is 0 Å². The maximum Gasteiger partial charge on any atom is 0.350 e. The van der Waals surface area contributed by atoms with Crippen molar-refractivity contribution in [3.8, 4) is 5.75 Å². The van der Waals surface area contributed by atoms with Gasteiger partial charge in [-0.1, -0.05) is 42.5 Å². The lowest BCUT2D eigenvalue weighted by molar-refractivity contribution is -0.385. The second-order valence-corrected chi connectivity index (χ2v) is 6.60. The number of ether oxygens (including phenoxy) is 1. The first-order chi connectivity index (χ1) is 15.9. The highest BCUT2D eigenvalue weighted by molar-refractivity contribution is 6.35. The molecule has 3 aromatic rings. The van der Waals surface area contributed by atoms with Crippen LogP contribution in [-0.4, -0.2) is 28.9 Å². The van der Waals surface area contributed by atoms with Gasteiger partial charge in [-0.25, -0.2) is 10.2 Å². The van der Waals surface area contributed by atoms with Crippen LogP contribution in [0.2, 0.25) is 0 Å². The lowest BCUT2D eigenvalue weighted by atomic mass is 10.2. The highest BCUT2D eigenvalue weighted by Gasteiger charge is 2.21. The van der Waals surface area contributed by atoms with E-state index in [9.17, 15) is 24.5 Å². The predicted octanol–water partition coefficient (Wildman–Crippen LogP) is 2.58. The number of amides is 2. The van der Waals surface area contributed by atoms with Gasteiger partial charge in [0.1, 0.15) is 11.3 Å². The Labute approximate surface area is 188 Å². The molecule has 2 amide bonds. The number of benzene rings is 3. The molecule has 0 bridgehead atoms. The number of carbonyl (C=O) groups excluding carboxylic acids is 3. The Bertz CT molecular complexity index is 1190. The number of esters is 1. The third-order valence-electron chi connectivity index (χ3n) is 4.29. The van der Waals surface area contributed by atoms with E-state index in [1.165, 1.54) is 42.6 Å². The van der Waals surface area contributed by atoms with Crippen LogP contribution in [-0.2, 0) is 16.1 Å². The Morgan fingerprint density at radius 1 is 0.909 bits per heavy atom. The lowest BCUT2D eigenvalue weighted by Gasteiger charge is -2.05. The van der Waals surface area contributed by atoms with Crippen LogP contribution < -0.4 is 15.5 Å². The minimum Gasteiger partial charge on any atom is -0.423 e. The molecule has 0 aliphatic rings. The molecule has 10 nitrogen and oxygen atoms in total. The van der Waals surface area contributed by atoms with Crippen LogP contribution in [0, 0.1) is 10.1 Å². The van der Waals surface area contributed by atoms with Crippen molar-refractivity contribution in [2.45, 2.75) is 6.54 Å². The maximum atomic E-state index is 12.2. The summed E-state index contributed by atoms with van der Waals surface area (Å²) in [7, 11) is 0. The number of nitrogens with one attached hydrogen (secondary N) is 2. The van der Waals surface area contributed by atoms with E-state index in [0.717, 1.165) is 5.56 Å². The number of nitro groups is 1. The molecule has 3 rings (SSSR count). The molecule has 166 valence electrons. The largest absolute Gasteiger partial charge is 0.423 e. The third-order valence-corrected chi connectivity index (χ3v) is 4.29. The second kappa shape index (κ2) is 11.0. The van der Waals surface area contributed by atoms with Gasteiger partial charge in [0.2, 0.25) is 0 Å². The molecule has 0 aromatic heterocycles. The molecule has 3 aromatic carbocycles. The topological polar surface area (TPSA) is 140 Å². The third kappa shape index (κ3) is 6.56. The fourth-order valence-electron chi connectivity index (χ4n) is 2.66. The first kappa shape index (κ1) is 22.8. The smallest absolute Gasteiger partial charge is 0.350 e. The van der Waals surface area contributed by atoms with Crippen LogP contribution in [0.1, 0.15) is 21.5 Å². The number of rotatable bonds is 7. The van der Waals surface area contributed by atoms with Gasteiger partial charge in [-0.2, -0.15) is 5.10 Å². The molecule has 0 spiro atoms. The lowest BCUT2D eigenvalue weighted by Crippen LogP contribution is -2.37. The number of nitrogens with zero attached hydrogens (tertiary/aromatic N) is 2. The average Bonchev–Trinajstić information content (AvgIpc) is 2.84. The van der Waals surface area contributed by atoms with E-state index >= 15 is 0 Å². The Hall–Kier alpha value is -4.86. The number of carbonyl (C=O) groups is 3. The van der Waals surface area contributed by atoms with Gasteiger partial charge in [-0.3, -0.25) is 19.7 Å². The second-order valence-electron chi connectivity index (χ2n) is 6.60. The molecular weight excluding hydrogens is 428 g/mol. The summed E-state index contributed by atoms with van der Waals surface area (Å²) in [5.41, 5.74) is 3.00. The van der Waals surface area contributed by atoms with Crippen LogP contribution in [0.5, 0.6) is 5.75 Å². The van der Waals surface area contributed by atoms with Gasteiger partial charge in [-0.15, -0.1) is 0 Å². The number of para-hydroxylation sites is 1. The zero-order valence-corrected chi connectivity index (χ0v) is 17.1. The summed E-state index contributed by atoms with van der Waals surface area (Å²) >= 11 is 0. The van der Waals surface area contributed by atoms with Crippen molar-refractivity contribution >= 4 is 29.7 Å². The molecule has 2 N–H and O–H groups in total. The average molecular weight is 446 g/mol. The zero-order chi connectivity index (χ0) is 23.6. The molecule has 33 heavy (non-hydrogen) atoms. The van der Waals surface area contributed by atoms with Crippen LogP contribution in [0.15, 0.2) is 84.0 Å². The normalized spacial score (nSPS) is 10.4. The van der Waals surface area contributed by atoms with Crippen LogP contribution >= 0.6 is 0 Å². The van der Waals surface area contributed by atoms with Crippen molar-refractivity contribution in [3.63, 3.8) is 0 Å². The maximum absolute atomic E-state index is 12.2. The molecule has 0 unspecified atom stereocenters. The fourth-order valence-corrected chi connectivity index (χ4v) is 2.66. The van der Waals surface area contributed by atoms with Crippen molar-refractivity contribution in [2.24, 2.45) is 5.10 Å². The summed E-state index contributed by atoms with van der Waals surface area (Å²) in [6, 6.07) is 20.6. The summed E-state index contributed by atoms with van der Waals surface area (Å²) in [4.78, 5) is 46.2. The summed E-state index contributed by atoms with van der Waals surface area (Å²) in [6.07, 6.45) is 1.30. The first-order valence-electron chi connectivity index (χ1n) is 9.65. The number of hydrogen-bond acceptors (Lipinski definition) is 7. The van der Waals surface area contributed by atoms with E-state index in [-0.39, 0.29) is 23.5 Å². The van der Waals surface area contributed by atoms with Gasteiger partial charge in [-0.05, 0) is 41.5 Å². The minimum absolute atomic E-state index is 0.165. The van der Waals surface area contributed by atoms with Crippen LogP contribution in [0.4, 0.5) is 5.69 Å². The molecule has 0 saturated heterocycles. The van der Waals surface area contributed by atoms with Crippen LogP contribution in [0.25, 0.3) is 0 Å². The van der Waals surface area contributed by atoms with E-state index in [4.69, 9.17) is 4.74 Å². The predicted molar refractivity (Wildman–Crippen MR) is 119 cm³/mol. The van der Waals surface area contributed by atoms with Crippen LogP contribution in [0.3, 0.4) is 0 Å². The Morgan fingerprint density at radius 2 is 1.58 bits per heavy atom. The standard InChI is InChI=1S/C23H18N4O6/c28-21(24-14-16-6-2-1-3-7-16)22(29)26-25-15-17-10-12-18(13-11-17)33-23(30)19-8-4-5-9-20(19)27(31)32/h1-13,15H,14H2,(H,24,28)(H,26,29)/b25-15+. The Morgan fingerprint density at radius 3 is 2.27 bits per heavy atom. The van der Waals surface area contributed by atoms with Gasteiger partial charge in [0.05, 0.1) is 11.1 Å². The highest BCUT2D eigenvalue weighted by atomic mass is 16.6. The number of nitro benzene ring substituents is 1. The summed E-state index contributed by atoms with van der Waals surface area (Å²) in [5, 5.41) is 17.2.